The molecule has 5 heterocycles. The number of carbonyl (C=O) groups excluding carboxylic acids is 1. The highest BCUT2D eigenvalue weighted by atomic mass is 16.5. The fraction of sp³-hybridized carbons (Fsp3) is 0.619. The minimum atomic E-state index is -0.284. The number of hydrogen-bond acceptors (Lipinski definition) is 6. The molecule has 0 unspecified atom stereocenters. The molecule has 0 N–H and O–H groups in total. The van der Waals surface area contributed by atoms with Crippen LogP contribution in [0.25, 0.3) is 11.3 Å². The first-order valence-corrected chi connectivity index (χ1v) is 10.7. The number of likely N-dealkylation sites (tertiary alicyclic amines) is 1. The van der Waals surface area contributed by atoms with E-state index in [4.69, 9.17) is 9.72 Å². The Morgan fingerprint density at radius 3 is 2.79 bits per heavy atom. The highest BCUT2D eigenvalue weighted by Crippen LogP contribution is 2.38. The van der Waals surface area contributed by atoms with Gasteiger partial charge in [-0.3, -0.25) is 9.48 Å². The fourth-order valence-electron chi connectivity index (χ4n) is 4.88. The molecule has 3 aliphatic rings. The molecule has 2 aromatic rings. The zero-order chi connectivity index (χ0) is 19.8. The number of anilines is 1. The number of aryl methyl sites for hydroxylation is 1. The number of hydrogen-bond donors (Lipinski definition) is 0. The average molecular weight is 396 g/mol. The summed E-state index contributed by atoms with van der Waals surface area (Å²) >= 11 is 0. The van der Waals surface area contributed by atoms with Crippen molar-refractivity contribution in [3.05, 3.63) is 24.2 Å². The lowest BCUT2D eigenvalue weighted by atomic mass is 10.0. The summed E-state index contributed by atoms with van der Waals surface area (Å²) in [5, 5.41) is 4.53. The van der Waals surface area contributed by atoms with Crippen molar-refractivity contribution in [2.24, 2.45) is 7.05 Å². The van der Waals surface area contributed by atoms with Crippen LogP contribution in [-0.2, 0) is 16.6 Å². The lowest BCUT2D eigenvalue weighted by Crippen LogP contribution is -2.39. The van der Waals surface area contributed by atoms with Crippen molar-refractivity contribution >= 4 is 11.9 Å². The topological polar surface area (TPSA) is 76.4 Å². The van der Waals surface area contributed by atoms with Crippen LogP contribution in [0, 0.1) is 0 Å². The van der Waals surface area contributed by atoms with Gasteiger partial charge < -0.3 is 14.5 Å². The number of rotatable bonds is 4. The van der Waals surface area contributed by atoms with Crippen molar-refractivity contribution in [3.63, 3.8) is 0 Å². The Hall–Kier alpha value is -2.48. The second-order valence-corrected chi connectivity index (χ2v) is 8.19. The van der Waals surface area contributed by atoms with Crippen LogP contribution in [0.15, 0.2) is 18.5 Å². The monoisotopic (exact) mass is 396 g/mol. The van der Waals surface area contributed by atoms with Crippen LogP contribution >= 0.6 is 0 Å². The standard InChI is InChI=1S/C21H28N6O2/c1-25-19(17-6-4-12-27(17)20(28)18-7-5-13-29-18)15(14-23-25)16-8-9-22-21(24-16)26-10-2-3-11-26/h8-9,14,17-18H,2-7,10-13H2,1H3/t17-,18+/m0/s1. The van der Waals surface area contributed by atoms with Crippen LogP contribution in [0.4, 0.5) is 5.95 Å². The number of carbonyl (C=O) groups is 1. The molecule has 8 nitrogen and oxygen atoms in total. The van der Waals surface area contributed by atoms with E-state index in [-0.39, 0.29) is 18.1 Å². The van der Waals surface area contributed by atoms with E-state index in [9.17, 15) is 4.79 Å². The molecule has 1 amide bonds. The van der Waals surface area contributed by atoms with E-state index >= 15 is 0 Å². The van der Waals surface area contributed by atoms with E-state index in [0.717, 1.165) is 68.2 Å². The van der Waals surface area contributed by atoms with Gasteiger partial charge in [-0.25, -0.2) is 9.97 Å². The van der Waals surface area contributed by atoms with Crippen LogP contribution in [0.5, 0.6) is 0 Å². The Bertz CT molecular complexity index is 885. The maximum atomic E-state index is 13.1. The van der Waals surface area contributed by atoms with Crippen LogP contribution in [0.2, 0.25) is 0 Å². The molecule has 154 valence electrons. The van der Waals surface area contributed by atoms with Gasteiger partial charge in [0.15, 0.2) is 0 Å². The summed E-state index contributed by atoms with van der Waals surface area (Å²) in [6.07, 6.45) is 9.52. The first-order chi connectivity index (χ1) is 14.2. The van der Waals surface area contributed by atoms with Gasteiger partial charge in [0.2, 0.25) is 5.95 Å². The predicted octanol–water partition coefficient (Wildman–Crippen LogP) is 2.32. The second kappa shape index (κ2) is 7.74. The minimum absolute atomic E-state index is 0.0133. The highest BCUT2D eigenvalue weighted by Gasteiger charge is 2.38. The highest BCUT2D eigenvalue weighted by molar-refractivity contribution is 5.82. The third kappa shape index (κ3) is 3.39. The van der Waals surface area contributed by atoms with Crippen LogP contribution in [0.3, 0.4) is 0 Å². The zero-order valence-corrected chi connectivity index (χ0v) is 17.0. The van der Waals surface area contributed by atoms with Crippen molar-refractivity contribution in [2.45, 2.75) is 50.7 Å². The average Bonchev–Trinajstić information content (AvgIpc) is 3.55. The van der Waals surface area contributed by atoms with Crippen LogP contribution in [-0.4, -0.2) is 62.9 Å². The van der Waals surface area contributed by atoms with Crippen molar-refractivity contribution in [2.75, 3.05) is 31.1 Å². The molecular formula is C21H28N6O2. The molecule has 3 saturated heterocycles. The third-order valence-corrected chi connectivity index (χ3v) is 6.35. The molecular weight excluding hydrogens is 368 g/mol. The predicted molar refractivity (Wildman–Crippen MR) is 108 cm³/mol. The van der Waals surface area contributed by atoms with Gasteiger partial charge in [0.25, 0.3) is 5.91 Å². The van der Waals surface area contributed by atoms with Crippen molar-refractivity contribution in [1.82, 2.24) is 24.6 Å². The Labute approximate surface area is 170 Å². The quantitative estimate of drug-likeness (QED) is 0.789. The molecule has 5 rings (SSSR count). The maximum Gasteiger partial charge on any atom is 0.252 e. The summed E-state index contributed by atoms with van der Waals surface area (Å²) < 4.78 is 7.57. The smallest absolute Gasteiger partial charge is 0.252 e. The molecule has 8 heteroatoms. The van der Waals surface area contributed by atoms with E-state index in [1.807, 2.05) is 35.1 Å². The maximum absolute atomic E-state index is 13.1. The zero-order valence-electron chi connectivity index (χ0n) is 17.0. The van der Waals surface area contributed by atoms with Gasteiger partial charge in [-0.2, -0.15) is 5.10 Å². The molecule has 29 heavy (non-hydrogen) atoms. The van der Waals surface area contributed by atoms with Crippen molar-refractivity contribution in [3.8, 4) is 11.3 Å². The lowest BCUT2D eigenvalue weighted by molar-refractivity contribution is -0.142. The van der Waals surface area contributed by atoms with E-state index in [1.165, 1.54) is 12.8 Å². The normalized spacial score (nSPS) is 24.6. The molecule has 0 aliphatic carbocycles. The Morgan fingerprint density at radius 2 is 2.00 bits per heavy atom. The van der Waals surface area contributed by atoms with Gasteiger partial charge >= 0.3 is 0 Å². The molecule has 0 bridgehead atoms. The van der Waals surface area contributed by atoms with E-state index in [1.54, 1.807) is 0 Å². The summed E-state index contributed by atoms with van der Waals surface area (Å²) in [4.78, 5) is 26.7. The fourth-order valence-corrected chi connectivity index (χ4v) is 4.88. The molecule has 3 fully saturated rings. The van der Waals surface area contributed by atoms with Gasteiger partial charge in [0.1, 0.15) is 6.10 Å². The third-order valence-electron chi connectivity index (χ3n) is 6.35. The molecule has 2 atom stereocenters. The van der Waals surface area contributed by atoms with Crippen LogP contribution < -0.4 is 4.90 Å². The van der Waals surface area contributed by atoms with E-state index in [2.05, 4.69) is 15.0 Å². The molecule has 0 saturated carbocycles. The Balaban J connectivity index is 1.47. The first kappa shape index (κ1) is 18.5. The number of aromatic nitrogens is 4. The number of nitrogens with zero attached hydrogens (tertiary/aromatic N) is 6. The molecule has 3 aliphatic heterocycles. The Kier molecular flexibility index (Phi) is 4.95. The van der Waals surface area contributed by atoms with Crippen LogP contribution in [0.1, 0.15) is 50.3 Å². The largest absolute Gasteiger partial charge is 0.368 e. The Morgan fingerprint density at radius 1 is 1.14 bits per heavy atom. The summed E-state index contributed by atoms with van der Waals surface area (Å²) in [6.45, 7) is 3.48. The van der Waals surface area contributed by atoms with E-state index < -0.39 is 0 Å². The second-order valence-electron chi connectivity index (χ2n) is 8.19. The molecule has 0 radical (unpaired) electrons. The number of amides is 1. The summed E-state index contributed by atoms with van der Waals surface area (Å²) in [5.74, 6) is 0.908. The van der Waals surface area contributed by atoms with Gasteiger partial charge in [0.05, 0.1) is 23.6 Å². The summed E-state index contributed by atoms with van der Waals surface area (Å²) in [5.41, 5.74) is 2.92. The lowest BCUT2D eigenvalue weighted by Gasteiger charge is -2.28. The summed E-state index contributed by atoms with van der Waals surface area (Å²) in [6, 6.07) is 1.96. The first-order valence-electron chi connectivity index (χ1n) is 10.7. The van der Waals surface area contributed by atoms with Gasteiger partial charge in [0, 0.05) is 45.0 Å². The molecule has 2 aromatic heterocycles. The van der Waals surface area contributed by atoms with Gasteiger partial charge in [-0.05, 0) is 44.6 Å². The molecule has 0 spiro atoms. The minimum Gasteiger partial charge on any atom is -0.368 e. The van der Waals surface area contributed by atoms with Gasteiger partial charge in [-0.1, -0.05) is 0 Å². The summed E-state index contributed by atoms with van der Waals surface area (Å²) in [7, 11) is 1.95. The number of ether oxygens (including phenoxy) is 1. The van der Waals surface area contributed by atoms with Crippen molar-refractivity contribution < 1.29 is 9.53 Å². The van der Waals surface area contributed by atoms with Crippen molar-refractivity contribution in [1.29, 1.82) is 0 Å². The van der Waals surface area contributed by atoms with E-state index in [0.29, 0.717) is 6.61 Å². The molecule has 0 aromatic carbocycles. The SMILES string of the molecule is Cn1ncc(-c2ccnc(N3CCCC3)n2)c1[C@@H]1CCCN1C(=O)[C@H]1CCCO1. The van der Waals surface area contributed by atoms with Gasteiger partial charge in [-0.15, -0.1) is 0 Å².